The molecule has 0 saturated carbocycles. The molecule has 0 bridgehead atoms. The Labute approximate surface area is 134 Å². The summed E-state index contributed by atoms with van der Waals surface area (Å²) in [5.74, 6) is 0.577. The number of carbonyl (C=O) groups excluding carboxylic acids is 1. The van der Waals surface area contributed by atoms with Crippen LogP contribution in [0.4, 0.5) is 14.9 Å². The minimum Gasteiger partial charge on any atom is -0.457 e. The highest BCUT2D eigenvalue weighted by atomic mass is 19.1. The first-order valence-corrected chi connectivity index (χ1v) is 7.32. The Morgan fingerprint density at radius 2 is 1.96 bits per heavy atom. The predicted octanol–water partition coefficient (Wildman–Crippen LogP) is 3.46. The molecule has 0 fully saturated rings. The van der Waals surface area contributed by atoms with Crippen LogP contribution < -0.4 is 10.1 Å². The molecule has 0 aliphatic rings. The number of urea groups is 1. The van der Waals surface area contributed by atoms with Crippen molar-refractivity contribution in [3.05, 3.63) is 54.3 Å². The number of benzene rings is 2. The fraction of sp³-hybridized carbons (Fsp3) is 0.235. The molecule has 0 aromatic heterocycles. The molecule has 6 heteroatoms. The smallest absolute Gasteiger partial charge is 0.321 e. The Balaban J connectivity index is 1.98. The number of aliphatic hydroxyl groups excluding tert-OH is 1. The number of aliphatic hydroxyl groups is 1. The highest BCUT2D eigenvalue weighted by Gasteiger charge is 2.10. The van der Waals surface area contributed by atoms with Crippen LogP contribution in [0.5, 0.6) is 11.5 Å². The van der Waals surface area contributed by atoms with Crippen LogP contribution in [0.3, 0.4) is 0 Å². The van der Waals surface area contributed by atoms with E-state index in [0.29, 0.717) is 23.7 Å². The van der Waals surface area contributed by atoms with Gasteiger partial charge in [-0.05, 0) is 43.3 Å². The van der Waals surface area contributed by atoms with Crippen LogP contribution in [0.1, 0.15) is 6.92 Å². The molecule has 2 N–H and O–H groups in total. The lowest BCUT2D eigenvalue weighted by molar-refractivity contribution is 0.192. The second-order valence-corrected chi connectivity index (χ2v) is 4.82. The molecule has 2 aromatic rings. The average molecular weight is 318 g/mol. The highest BCUT2D eigenvalue weighted by molar-refractivity contribution is 5.89. The van der Waals surface area contributed by atoms with E-state index in [1.54, 1.807) is 36.4 Å². The third-order valence-electron chi connectivity index (χ3n) is 3.18. The van der Waals surface area contributed by atoms with Crippen LogP contribution in [-0.4, -0.2) is 35.7 Å². The van der Waals surface area contributed by atoms with Crippen molar-refractivity contribution < 1.29 is 19.0 Å². The number of nitrogens with one attached hydrogen (secondary N) is 1. The summed E-state index contributed by atoms with van der Waals surface area (Å²) in [6, 6.07) is 12.3. The molecule has 0 unspecified atom stereocenters. The standard InChI is InChI=1S/C17H19FN2O3/c1-2-20(10-11-21)17(22)19-14-6-8-15(9-7-14)23-16-5-3-4-13(18)12-16/h3-9,12,21H,2,10-11H2,1H3,(H,19,22). The van der Waals surface area contributed by atoms with Gasteiger partial charge in [-0.2, -0.15) is 0 Å². The van der Waals surface area contributed by atoms with Crippen molar-refractivity contribution in [3.63, 3.8) is 0 Å². The summed E-state index contributed by atoms with van der Waals surface area (Å²) in [7, 11) is 0. The Hall–Kier alpha value is -2.60. The third kappa shape index (κ3) is 4.96. The van der Waals surface area contributed by atoms with Crippen LogP contribution in [-0.2, 0) is 0 Å². The SMILES string of the molecule is CCN(CCO)C(=O)Nc1ccc(Oc2cccc(F)c2)cc1. The minimum atomic E-state index is -0.366. The Bertz CT molecular complexity index is 647. The minimum absolute atomic E-state index is 0.0817. The summed E-state index contributed by atoms with van der Waals surface area (Å²) in [6.07, 6.45) is 0. The number of halogens is 1. The Morgan fingerprint density at radius 1 is 1.22 bits per heavy atom. The van der Waals surface area contributed by atoms with Gasteiger partial charge in [-0.15, -0.1) is 0 Å². The van der Waals surface area contributed by atoms with Gasteiger partial charge in [0.1, 0.15) is 17.3 Å². The average Bonchev–Trinajstić information content (AvgIpc) is 2.54. The second-order valence-electron chi connectivity index (χ2n) is 4.82. The molecular formula is C17H19FN2O3. The fourth-order valence-electron chi connectivity index (χ4n) is 2.00. The molecule has 2 aromatic carbocycles. The number of likely N-dealkylation sites (N-methyl/N-ethyl adjacent to an activating group) is 1. The number of anilines is 1. The van der Waals surface area contributed by atoms with Crippen LogP contribution in [0.15, 0.2) is 48.5 Å². The van der Waals surface area contributed by atoms with Gasteiger partial charge in [0.2, 0.25) is 0 Å². The zero-order valence-electron chi connectivity index (χ0n) is 12.8. The van der Waals surface area contributed by atoms with Gasteiger partial charge in [-0.1, -0.05) is 6.07 Å². The number of hydrogen-bond donors (Lipinski definition) is 2. The first-order valence-electron chi connectivity index (χ1n) is 7.32. The van der Waals surface area contributed by atoms with Crippen molar-refractivity contribution in [2.45, 2.75) is 6.92 Å². The lowest BCUT2D eigenvalue weighted by atomic mass is 10.3. The Morgan fingerprint density at radius 3 is 2.57 bits per heavy atom. The van der Waals surface area contributed by atoms with E-state index in [1.807, 2.05) is 6.92 Å². The van der Waals surface area contributed by atoms with E-state index in [2.05, 4.69) is 5.32 Å². The lowest BCUT2D eigenvalue weighted by Gasteiger charge is -2.20. The maximum atomic E-state index is 13.1. The van der Waals surface area contributed by atoms with Gasteiger partial charge in [-0.3, -0.25) is 0 Å². The maximum absolute atomic E-state index is 13.1. The van der Waals surface area contributed by atoms with Crippen molar-refractivity contribution in [3.8, 4) is 11.5 Å². The second kappa shape index (κ2) is 8.14. The van der Waals surface area contributed by atoms with Gasteiger partial charge < -0.3 is 20.1 Å². The molecule has 2 rings (SSSR count). The molecule has 0 atom stereocenters. The summed E-state index contributed by atoms with van der Waals surface area (Å²) in [6.45, 7) is 2.54. The normalized spacial score (nSPS) is 10.2. The number of ether oxygens (including phenoxy) is 1. The van der Waals surface area contributed by atoms with E-state index in [-0.39, 0.29) is 25.0 Å². The lowest BCUT2D eigenvalue weighted by Crippen LogP contribution is -2.36. The van der Waals surface area contributed by atoms with Crippen molar-refractivity contribution in [2.75, 3.05) is 25.0 Å². The molecule has 0 aliphatic heterocycles. The van der Waals surface area contributed by atoms with Crippen LogP contribution >= 0.6 is 0 Å². The van der Waals surface area contributed by atoms with Gasteiger partial charge in [-0.25, -0.2) is 9.18 Å². The molecule has 0 radical (unpaired) electrons. The Kier molecular flexibility index (Phi) is 5.94. The molecule has 0 heterocycles. The topological polar surface area (TPSA) is 61.8 Å². The number of hydrogen-bond acceptors (Lipinski definition) is 3. The van der Waals surface area contributed by atoms with E-state index >= 15 is 0 Å². The summed E-state index contributed by atoms with van der Waals surface area (Å²) in [4.78, 5) is 13.5. The monoisotopic (exact) mass is 318 g/mol. The highest BCUT2D eigenvalue weighted by Crippen LogP contribution is 2.23. The first-order chi connectivity index (χ1) is 11.1. The van der Waals surface area contributed by atoms with Crippen molar-refractivity contribution in [2.24, 2.45) is 0 Å². The van der Waals surface area contributed by atoms with Crippen molar-refractivity contribution >= 4 is 11.7 Å². The molecule has 5 nitrogen and oxygen atoms in total. The fourth-order valence-corrected chi connectivity index (χ4v) is 2.00. The van der Waals surface area contributed by atoms with Crippen LogP contribution in [0.25, 0.3) is 0 Å². The summed E-state index contributed by atoms with van der Waals surface area (Å²) < 4.78 is 18.6. The predicted molar refractivity (Wildman–Crippen MR) is 86.3 cm³/mol. The van der Waals surface area contributed by atoms with E-state index in [9.17, 15) is 9.18 Å². The van der Waals surface area contributed by atoms with Gasteiger partial charge in [0.15, 0.2) is 0 Å². The zero-order valence-corrected chi connectivity index (χ0v) is 12.8. The van der Waals surface area contributed by atoms with E-state index in [1.165, 1.54) is 17.0 Å². The quantitative estimate of drug-likeness (QED) is 0.857. The van der Waals surface area contributed by atoms with Crippen LogP contribution in [0, 0.1) is 5.82 Å². The maximum Gasteiger partial charge on any atom is 0.321 e. The molecule has 0 aliphatic carbocycles. The number of rotatable bonds is 6. The molecule has 0 spiro atoms. The summed E-state index contributed by atoms with van der Waals surface area (Å²) in [5, 5.41) is 11.7. The molecular weight excluding hydrogens is 299 g/mol. The number of amides is 2. The number of nitrogens with zero attached hydrogens (tertiary/aromatic N) is 1. The van der Waals surface area contributed by atoms with E-state index < -0.39 is 0 Å². The van der Waals surface area contributed by atoms with Gasteiger partial charge in [0.25, 0.3) is 0 Å². The zero-order chi connectivity index (χ0) is 16.7. The molecule has 122 valence electrons. The van der Waals surface area contributed by atoms with Gasteiger partial charge in [0, 0.05) is 24.8 Å². The third-order valence-corrected chi connectivity index (χ3v) is 3.18. The largest absolute Gasteiger partial charge is 0.457 e. The summed E-state index contributed by atoms with van der Waals surface area (Å²) >= 11 is 0. The van der Waals surface area contributed by atoms with Crippen molar-refractivity contribution in [1.82, 2.24) is 4.90 Å². The number of carbonyl (C=O) groups is 1. The molecule has 23 heavy (non-hydrogen) atoms. The van der Waals surface area contributed by atoms with Gasteiger partial charge in [0.05, 0.1) is 6.61 Å². The van der Waals surface area contributed by atoms with E-state index in [4.69, 9.17) is 9.84 Å². The molecule has 0 saturated heterocycles. The van der Waals surface area contributed by atoms with Crippen LogP contribution in [0.2, 0.25) is 0 Å². The van der Waals surface area contributed by atoms with E-state index in [0.717, 1.165) is 0 Å². The van der Waals surface area contributed by atoms with Crippen molar-refractivity contribution in [1.29, 1.82) is 0 Å². The van der Waals surface area contributed by atoms with Gasteiger partial charge >= 0.3 is 6.03 Å². The first kappa shape index (κ1) is 16.8. The summed E-state index contributed by atoms with van der Waals surface area (Å²) in [5.41, 5.74) is 0.609. The molecule has 2 amide bonds.